The Kier molecular flexibility index (Phi) is 3.73. The van der Waals surface area contributed by atoms with Gasteiger partial charge < -0.3 is 14.9 Å². The summed E-state index contributed by atoms with van der Waals surface area (Å²) < 4.78 is 5.16. The first-order valence-electron chi connectivity index (χ1n) is 4.20. The van der Waals surface area contributed by atoms with Crippen LogP contribution in [-0.2, 0) is 4.74 Å². The van der Waals surface area contributed by atoms with Crippen LogP contribution in [0, 0.1) is 0 Å². The minimum atomic E-state index is -0.142. The van der Waals surface area contributed by atoms with Crippen molar-refractivity contribution in [2.24, 2.45) is 0 Å². The molecule has 0 fully saturated rings. The Hall–Kier alpha value is -1.06. The fourth-order valence-corrected chi connectivity index (χ4v) is 1.26. The molecule has 0 bridgehead atoms. The zero-order valence-corrected chi connectivity index (χ0v) is 7.60. The summed E-state index contributed by atoms with van der Waals surface area (Å²) in [5, 5.41) is 18.0. The Bertz CT molecular complexity index is 260. The molecule has 0 aromatic heterocycles. The van der Waals surface area contributed by atoms with E-state index in [4.69, 9.17) is 9.84 Å². The smallest absolute Gasteiger partial charge is 0.115 e. The van der Waals surface area contributed by atoms with Gasteiger partial charge in [0.05, 0.1) is 6.10 Å². The maximum atomic E-state index is 9.21. The van der Waals surface area contributed by atoms with Crippen LogP contribution in [0.25, 0.3) is 0 Å². The topological polar surface area (TPSA) is 49.7 Å². The molecule has 13 heavy (non-hydrogen) atoms. The van der Waals surface area contributed by atoms with Crippen LogP contribution in [0.3, 0.4) is 0 Å². The molecule has 0 saturated carbocycles. The number of phenols is 1. The van der Waals surface area contributed by atoms with Crippen LogP contribution in [0.15, 0.2) is 24.3 Å². The van der Waals surface area contributed by atoms with E-state index in [1.807, 2.05) is 6.07 Å². The van der Waals surface area contributed by atoms with Crippen molar-refractivity contribution in [1.82, 2.24) is 0 Å². The average molecular weight is 182 g/mol. The van der Waals surface area contributed by atoms with Gasteiger partial charge in [-0.3, -0.25) is 0 Å². The van der Waals surface area contributed by atoms with Gasteiger partial charge in [-0.05, 0) is 17.7 Å². The molecule has 1 aromatic carbocycles. The van der Waals surface area contributed by atoms with Crippen molar-refractivity contribution < 1.29 is 14.9 Å². The number of benzene rings is 1. The van der Waals surface area contributed by atoms with Crippen LogP contribution in [0.2, 0.25) is 0 Å². The maximum absolute atomic E-state index is 9.21. The molecule has 3 nitrogen and oxygen atoms in total. The molecule has 0 aliphatic rings. The van der Waals surface area contributed by atoms with Gasteiger partial charge >= 0.3 is 0 Å². The quantitative estimate of drug-likeness (QED) is 0.741. The number of aliphatic hydroxyl groups excluding tert-OH is 1. The van der Waals surface area contributed by atoms with Gasteiger partial charge in [-0.1, -0.05) is 12.1 Å². The van der Waals surface area contributed by atoms with Crippen LogP contribution in [0.1, 0.15) is 18.1 Å². The van der Waals surface area contributed by atoms with Crippen LogP contribution in [0.4, 0.5) is 0 Å². The summed E-state index contributed by atoms with van der Waals surface area (Å²) in [5.74, 6) is 0.220. The Morgan fingerprint density at radius 3 is 2.77 bits per heavy atom. The molecule has 1 atom stereocenters. The standard InChI is InChI=1S/C10H14O3/c1-13-10(5-6-11)8-3-2-4-9(12)7-8/h2-4,7,10-12H,5-6H2,1H3/t10-/m0/s1. The minimum Gasteiger partial charge on any atom is -0.508 e. The molecule has 3 heteroatoms. The molecule has 0 heterocycles. The summed E-state index contributed by atoms with van der Waals surface area (Å²) in [5.41, 5.74) is 0.886. The molecule has 1 rings (SSSR count). The van der Waals surface area contributed by atoms with Gasteiger partial charge in [-0.15, -0.1) is 0 Å². The number of hydrogen-bond acceptors (Lipinski definition) is 3. The van der Waals surface area contributed by atoms with E-state index in [9.17, 15) is 5.11 Å². The van der Waals surface area contributed by atoms with Crippen molar-refractivity contribution in [3.8, 4) is 5.75 Å². The number of rotatable bonds is 4. The Labute approximate surface area is 77.6 Å². The fraction of sp³-hybridized carbons (Fsp3) is 0.400. The van der Waals surface area contributed by atoms with Crippen LogP contribution < -0.4 is 0 Å². The largest absolute Gasteiger partial charge is 0.508 e. The van der Waals surface area contributed by atoms with Crippen molar-refractivity contribution >= 4 is 0 Å². The molecule has 2 N–H and O–H groups in total. The van der Waals surface area contributed by atoms with E-state index >= 15 is 0 Å². The monoisotopic (exact) mass is 182 g/mol. The summed E-state index contributed by atoms with van der Waals surface area (Å²) in [6.07, 6.45) is 0.400. The maximum Gasteiger partial charge on any atom is 0.115 e. The first-order valence-corrected chi connectivity index (χ1v) is 4.20. The number of phenolic OH excluding ortho intramolecular Hbond substituents is 1. The summed E-state index contributed by atoms with van der Waals surface area (Å²) >= 11 is 0. The van der Waals surface area contributed by atoms with Crippen LogP contribution >= 0.6 is 0 Å². The van der Waals surface area contributed by atoms with E-state index in [2.05, 4.69) is 0 Å². The second-order valence-electron chi connectivity index (χ2n) is 2.83. The minimum absolute atomic E-state index is 0.0775. The number of aromatic hydroxyl groups is 1. The molecule has 0 aliphatic heterocycles. The van der Waals surface area contributed by atoms with Crippen LogP contribution in [-0.4, -0.2) is 23.9 Å². The van der Waals surface area contributed by atoms with Gasteiger partial charge in [-0.2, -0.15) is 0 Å². The molecule has 72 valence electrons. The van der Waals surface area contributed by atoms with Crippen molar-refractivity contribution in [2.75, 3.05) is 13.7 Å². The number of ether oxygens (including phenoxy) is 1. The highest BCUT2D eigenvalue weighted by Gasteiger charge is 2.09. The third-order valence-corrected chi connectivity index (χ3v) is 1.92. The molecule has 0 saturated heterocycles. The van der Waals surface area contributed by atoms with E-state index in [-0.39, 0.29) is 18.5 Å². The highest BCUT2D eigenvalue weighted by Crippen LogP contribution is 2.22. The normalized spacial score (nSPS) is 12.8. The predicted octanol–water partition coefficient (Wildman–Crippen LogP) is 1.46. The zero-order chi connectivity index (χ0) is 9.68. The second kappa shape index (κ2) is 4.84. The van der Waals surface area contributed by atoms with E-state index < -0.39 is 0 Å². The Balaban J connectivity index is 2.78. The lowest BCUT2D eigenvalue weighted by molar-refractivity contribution is 0.0773. The van der Waals surface area contributed by atoms with Gasteiger partial charge in [0.25, 0.3) is 0 Å². The van der Waals surface area contributed by atoms with E-state index in [1.54, 1.807) is 25.3 Å². The summed E-state index contributed by atoms with van der Waals surface area (Å²) in [6.45, 7) is 0.0775. The van der Waals surface area contributed by atoms with Gasteiger partial charge in [0.2, 0.25) is 0 Å². The van der Waals surface area contributed by atoms with Crippen molar-refractivity contribution in [1.29, 1.82) is 0 Å². The molecule has 1 aromatic rings. The molecule has 0 radical (unpaired) electrons. The first kappa shape index (κ1) is 10.0. The average Bonchev–Trinajstić information content (AvgIpc) is 2.14. The summed E-state index contributed by atoms with van der Waals surface area (Å²) in [4.78, 5) is 0. The lowest BCUT2D eigenvalue weighted by Crippen LogP contribution is -2.03. The summed E-state index contributed by atoms with van der Waals surface area (Å²) in [6, 6.07) is 6.87. The highest BCUT2D eigenvalue weighted by molar-refractivity contribution is 5.28. The molecular formula is C10H14O3. The lowest BCUT2D eigenvalue weighted by atomic mass is 10.1. The summed E-state index contributed by atoms with van der Waals surface area (Å²) in [7, 11) is 1.59. The predicted molar refractivity (Wildman–Crippen MR) is 49.6 cm³/mol. The van der Waals surface area contributed by atoms with Gasteiger partial charge in [0.15, 0.2) is 0 Å². The fourth-order valence-electron chi connectivity index (χ4n) is 1.26. The van der Waals surface area contributed by atoms with Crippen molar-refractivity contribution in [3.05, 3.63) is 29.8 Å². The Morgan fingerprint density at radius 2 is 2.23 bits per heavy atom. The number of methoxy groups -OCH3 is 1. The second-order valence-corrected chi connectivity index (χ2v) is 2.83. The highest BCUT2D eigenvalue weighted by atomic mass is 16.5. The van der Waals surface area contributed by atoms with Gasteiger partial charge in [-0.25, -0.2) is 0 Å². The molecule has 0 amide bonds. The van der Waals surface area contributed by atoms with Crippen molar-refractivity contribution in [2.45, 2.75) is 12.5 Å². The SMILES string of the molecule is CO[C@@H](CCO)c1cccc(O)c1. The van der Waals surface area contributed by atoms with Gasteiger partial charge in [0.1, 0.15) is 5.75 Å². The van der Waals surface area contributed by atoms with Gasteiger partial charge in [0, 0.05) is 20.1 Å². The van der Waals surface area contributed by atoms with Crippen LogP contribution in [0.5, 0.6) is 5.75 Å². The third-order valence-electron chi connectivity index (χ3n) is 1.92. The molecule has 0 unspecified atom stereocenters. The van der Waals surface area contributed by atoms with E-state index in [0.717, 1.165) is 5.56 Å². The zero-order valence-electron chi connectivity index (χ0n) is 7.60. The number of aliphatic hydroxyl groups is 1. The van der Waals surface area contributed by atoms with Crippen molar-refractivity contribution in [3.63, 3.8) is 0 Å². The lowest BCUT2D eigenvalue weighted by Gasteiger charge is -2.14. The third kappa shape index (κ3) is 2.72. The molecular weight excluding hydrogens is 168 g/mol. The molecule has 0 aliphatic carbocycles. The number of hydrogen-bond donors (Lipinski definition) is 2. The first-order chi connectivity index (χ1) is 6.27. The van der Waals surface area contributed by atoms with E-state index in [1.165, 1.54) is 0 Å². The Morgan fingerprint density at radius 1 is 1.46 bits per heavy atom. The van der Waals surface area contributed by atoms with E-state index in [0.29, 0.717) is 6.42 Å². The molecule has 0 spiro atoms.